The van der Waals surface area contributed by atoms with E-state index >= 15 is 0 Å². The van der Waals surface area contributed by atoms with Crippen LogP contribution in [0.1, 0.15) is 55.8 Å². The van der Waals surface area contributed by atoms with Crippen LogP contribution in [-0.2, 0) is 6.54 Å². The number of nitrogens with zero attached hydrogens (tertiary/aromatic N) is 6. The number of hydrogen-bond acceptors (Lipinski definition) is 6. The second-order valence-electron chi connectivity index (χ2n) is 7.47. The predicted molar refractivity (Wildman–Crippen MR) is 104 cm³/mol. The van der Waals surface area contributed by atoms with E-state index in [9.17, 15) is 0 Å². The van der Waals surface area contributed by atoms with Gasteiger partial charge < -0.3 is 14.4 Å². The third kappa shape index (κ3) is 4.58. The molecule has 0 aliphatic carbocycles. The van der Waals surface area contributed by atoms with Crippen LogP contribution in [0, 0.1) is 0 Å². The molecule has 2 aromatic heterocycles. The molecular weight excluding hydrogens is 332 g/mol. The summed E-state index contributed by atoms with van der Waals surface area (Å²) in [5, 5.41) is 10.9. The Labute approximate surface area is 154 Å². The van der Waals surface area contributed by atoms with Gasteiger partial charge in [-0.2, -0.15) is 0 Å². The van der Waals surface area contributed by atoms with Crippen molar-refractivity contribution in [1.82, 2.24) is 24.6 Å². The normalized spacial score (nSPS) is 16.3. The van der Waals surface area contributed by atoms with Crippen LogP contribution in [0.3, 0.4) is 0 Å². The maximum absolute atomic E-state index is 4.67. The van der Waals surface area contributed by atoms with Gasteiger partial charge in [0.15, 0.2) is 0 Å². The summed E-state index contributed by atoms with van der Waals surface area (Å²) < 4.78 is 2.35. The molecule has 0 spiro atoms. The largest absolute Gasteiger partial charge is 0.347 e. The molecule has 0 N–H and O–H groups in total. The molecule has 25 heavy (non-hydrogen) atoms. The number of aryl methyl sites for hydroxylation is 1. The summed E-state index contributed by atoms with van der Waals surface area (Å²) in [6.45, 7) is 8.61. The Morgan fingerprint density at radius 1 is 1.24 bits per heavy atom. The van der Waals surface area contributed by atoms with Crippen LogP contribution in [0.15, 0.2) is 12.4 Å². The second kappa shape index (κ2) is 8.27. The van der Waals surface area contributed by atoms with Gasteiger partial charge >= 0.3 is 0 Å². The quantitative estimate of drug-likeness (QED) is 0.757. The van der Waals surface area contributed by atoms with Gasteiger partial charge in [-0.25, -0.2) is 4.98 Å². The van der Waals surface area contributed by atoms with Crippen LogP contribution in [-0.4, -0.2) is 58.4 Å². The fourth-order valence-electron chi connectivity index (χ4n) is 3.34. The van der Waals surface area contributed by atoms with Crippen LogP contribution in [0.25, 0.3) is 0 Å². The minimum Gasteiger partial charge on any atom is -0.347 e. The van der Waals surface area contributed by atoms with E-state index in [1.54, 1.807) is 11.3 Å². The molecule has 3 rings (SSSR count). The van der Waals surface area contributed by atoms with E-state index in [4.69, 9.17) is 0 Å². The van der Waals surface area contributed by atoms with E-state index in [2.05, 4.69) is 63.7 Å². The van der Waals surface area contributed by atoms with Gasteiger partial charge in [0, 0.05) is 43.9 Å². The molecule has 1 saturated heterocycles. The Bertz CT molecular complexity index is 654. The first-order chi connectivity index (χ1) is 12.0. The molecule has 138 valence electrons. The van der Waals surface area contributed by atoms with E-state index < -0.39 is 0 Å². The third-order valence-corrected chi connectivity index (χ3v) is 6.09. The van der Waals surface area contributed by atoms with Crippen molar-refractivity contribution in [3.63, 3.8) is 0 Å². The van der Waals surface area contributed by atoms with Crippen molar-refractivity contribution in [2.24, 2.45) is 0 Å². The highest BCUT2D eigenvalue weighted by atomic mass is 32.1. The number of anilines is 1. The highest BCUT2D eigenvalue weighted by molar-refractivity contribution is 7.15. The Kier molecular flexibility index (Phi) is 6.06. The van der Waals surface area contributed by atoms with Crippen LogP contribution in [0.4, 0.5) is 5.13 Å². The highest BCUT2D eigenvalue weighted by Gasteiger charge is 2.25. The molecule has 0 bridgehead atoms. The lowest BCUT2D eigenvalue weighted by molar-refractivity contribution is 0.380. The van der Waals surface area contributed by atoms with Gasteiger partial charge in [-0.05, 0) is 39.9 Å². The standard InChI is InChI=1S/C18H30N6S/c1-14(2)17-20-21-18(25-17)24-11-6-15(7-12-24)16-19-8-13-23(16)10-5-9-22(3)4/h8,13-15H,5-7,9-12H2,1-4H3. The molecule has 1 fully saturated rings. The zero-order valence-electron chi connectivity index (χ0n) is 15.9. The molecule has 2 aromatic rings. The monoisotopic (exact) mass is 362 g/mol. The Morgan fingerprint density at radius 2 is 2.00 bits per heavy atom. The van der Waals surface area contributed by atoms with E-state index in [0.29, 0.717) is 11.8 Å². The Balaban J connectivity index is 1.56. The number of aromatic nitrogens is 4. The molecule has 0 saturated carbocycles. The van der Waals surface area contributed by atoms with Crippen LogP contribution in [0.5, 0.6) is 0 Å². The van der Waals surface area contributed by atoms with Gasteiger partial charge in [0.2, 0.25) is 5.13 Å². The lowest BCUT2D eigenvalue weighted by Crippen LogP contribution is -2.33. The molecule has 6 nitrogen and oxygen atoms in total. The van der Waals surface area contributed by atoms with Gasteiger partial charge in [0.1, 0.15) is 10.8 Å². The topological polar surface area (TPSA) is 50.1 Å². The molecular formula is C18H30N6S. The first-order valence-electron chi connectivity index (χ1n) is 9.28. The maximum atomic E-state index is 4.67. The molecule has 1 aliphatic rings. The zero-order chi connectivity index (χ0) is 17.8. The Hall–Kier alpha value is -1.47. The van der Waals surface area contributed by atoms with E-state index in [0.717, 1.165) is 55.6 Å². The molecule has 0 aromatic carbocycles. The van der Waals surface area contributed by atoms with Crippen molar-refractivity contribution in [3.8, 4) is 0 Å². The SMILES string of the molecule is CC(C)c1nnc(N2CCC(c3nccn3CCCN(C)C)CC2)s1. The van der Waals surface area contributed by atoms with E-state index in [1.165, 1.54) is 5.82 Å². The van der Waals surface area contributed by atoms with Gasteiger partial charge in [0.05, 0.1) is 0 Å². The molecule has 7 heteroatoms. The number of imidazole rings is 1. The van der Waals surface area contributed by atoms with E-state index in [-0.39, 0.29) is 0 Å². The fourth-order valence-corrected chi connectivity index (χ4v) is 4.24. The van der Waals surface area contributed by atoms with Crippen molar-refractivity contribution >= 4 is 16.5 Å². The number of rotatable bonds is 7. The average Bonchev–Trinajstić information content (AvgIpc) is 3.24. The minimum absolute atomic E-state index is 0.457. The molecule has 0 amide bonds. The van der Waals surface area contributed by atoms with Gasteiger partial charge in [-0.3, -0.25) is 0 Å². The minimum atomic E-state index is 0.457. The second-order valence-corrected chi connectivity index (χ2v) is 8.46. The van der Waals surface area contributed by atoms with Crippen molar-refractivity contribution in [3.05, 3.63) is 23.2 Å². The first kappa shape index (κ1) is 18.3. The fraction of sp³-hybridized carbons (Fsp3) is 0.722. The predicted octanol–water partition coefficient (Wildman–Crippen LogP) is 3.19. The van der Waals surface area contributed by atoms with Gasteiger partial charge in [0.25, 0.3) is 0 Å². The third-order valence-electron chi connectivity index (χ3n) is 4.81. The van der Waals surface area contributed by atoms with Crippen molar-refractivity contribution < 1.29 is 0 Å². The summed E-state index contributed by atoms with van der Waals surface area (Å²) in [7, 11) is 4.26. The molecule has 3 heterocycles. The smallest absolute Gasteiger partial charge is 0.208 e. The lowest BCUT2D eigenvalue weighted by atomic mass is 9.96. The molecule has 0 radical (unpaired) electrons. The van der Waals surface area contributed by atoms with Crippen LogP contribution in [0.2, 0.25) is 0 Å². The van der Waals surface area contributed by atoms with Gasteiger partial charge in [-0.15, -0.1) is 10.2 Å². The summed E-state index contributed by atoms with van der Waals surface area (Å²) in [6, 6.07) is 0. The number of hydrogen-bond donors (Lipinski definition) is 0. The molecule has 0 atom stereocenters. The molecule has 0 unspecified atom stereocenters. The van der Waals surface area contributed by atoms with Crippen molar-refractivity contribution in [1.29, 1.82) is 0 Å². The summed E-state index contributed by atoms with van der Waals surface area (Å²) in [4.78, 5) is 9.30. The summed E-state index contributed by atoms with van der Waals surface area (Å²) in [5.74, 6) is 2.28. The first-order valence-corrected chi connectivity index (χ1v) is 10.1. The maximum Gasteiger partial charge on any atom is 0.208 e. The molecule has 1 aliphatic heterocycles. The highest BCUT2D eigenvalue weighted by Crippen LogP contribution is 2.32. The van der Waals surface area contributed by atoms with Gasteiger partial charge in [-0.1, -0.05) is 25.2 Å². The van der Waals surface area contributed by atoms with E-state index in [1.807, 2.05) is 6.20 Å². The zero-order valence-corrected chi connectivity index (χ0v) is 16.7. The van der Waals surface area contributed by atoms with Crippen molar-refractivity contribution in [2.75, 3.05) is 38.6 Å². The Morgan fingerprint density at radius 3 is 2.64 bits per heavy atom. The summed E-state index contributed by atoms with van der Waals surface area (Å²) in [6.07, 6.45) is 7.54. The summed E-state index contributed by atoms with van der Waals surface area (Å²) >= 11 is 1.74. The van der Waals surface area contributed by atoms with Crippen LogP contribution >= 0.6 is 11.3 Å². The number of piperidine rings is 1. The average molecular weight is 363 g/mol. The van der Waals surface area contributed by atoms with Crippen molar-refractivity contribution in [2.45, 2.75) is 51.5 Å². The summed E-state index contributed by atoms with van der Waals surface area (Å²) in [5.41, 5.74) is 0. The van der Waals surface area contributed by atoms with Crippen LogP contribution < -0.4 is 4.90 Å². The lowest BCUT2D eigenvalue weighted by Gasteiger charge is -2.31.